The number of sulfonamides is 1. The van der Waals surface area contributed by atoms with Crippen molar-refractivity contribution in [2.45, 2.75) is 17.9 Å². The molecule has 0 aliphatic carbocycles. The molecule has 1 amide bonds. The second kappa shape index (κ2) is 5.71. The molecule has 1 aliphatic rings. The van der Waals surface area contributed by atoms with Crippen molar-refractivity contribution in [2.75, 3.05) is 5.32 Å². The molecule has 2 N–H and O–H groups in total. The first kappa shape index (κ1) is 15.6. The van der Waals surface area contributed by atoms with Crippen molar-refractivity contribution in [1.29, 1.82) is 0 Å². The number of anilines is 1. The maximum Gasteiger partial charge on any atom is 0.240 e. The second-order valence-electron chi connectivity index (χ2n) is 5.10. The Labute approximate surface area is 131 Å². The lowest BCUT2D eigenvalue weighted by molar-refractivity contribution is -0.115. The van der Waals surface area contributed by atoms with Gasteiger partial charge in [-0.3, -0.25) is 4.79 Å². The first-order chi connectivity index (χ1) is 10.8. The summed E-state index contributed by atoms with van der Waals surface area (Å²) in [5.74, 6) is -1.75. The van der Waals surface area contributed by atoms with Gasteiger partial charge in [-0.2, -0.15) is 0 Å². The predicted molar refractivity (Wildman–Crippen MR) is 79.2 cm³/mol. The van der Waals surface area contributed by atoms with Crippen LogP contribution in [0.3, 0.4) is 0 Å². The molecule has 120 valence electrons. The number of carbonyl (C=O) groups excluding carboxylic acids is 1. The molecular formula is C15H12F2N2O3S. The Kier molecular flexibility index (Phi) is 3.87. The molecule has 0 fully saturated rings. The number of amides is 1. The van der Waals surface area contributed by atoms with Gasteiger partial charge >= 0.3 is 0 Å². The lowest BCUT2D eigenvalue weighted by Crippen LogP contribution is -2.23. The lowest BCUT2D eigenvalue weighted by Gasteiger charge is -2.09. The van der Waals surface area contributed by atoms with E-state index in [-0.39, 0.29) is 29.3 Å². The van der Waals surface area contributed by atoms with Crippen molar-refractivity contribution >= 4 is 21.6 Å². The third-order valence-electron chi connectivity index (χ3n) is 3.48. The fraction of sp³-hybridized carbons (Fsp3) is 0.133. The first-order valence-electron chi connectivity index (χ1n) is 6.71. The topological polar surface area (TPSA) is 75.3 Å². The van der Waals surface area contributed by atoms with Crippen LogP contribution < -0.4 is 10.0 Å². The van der Waals surface area contributed by atoms with Crippen molar-refractivity contribution in [2.24, 2.45) is 0 Å². The van der Waals surface area contributed by atoms with Gasteiger partial charge in [-0.15, -0.1) is 0 Å². The predicted octanol–water partition coefficient (Wildman–Crippen LogP) is 1.94. The van der Waals surface area contributed by atoms with E-state index < -0.39 is 21.7 Å². The van der Waals surface area contributed by atoms with E-state index in [1.54, 1.807) is 0 Å². The van der Waals surface area contributed by atoms with Crippen molar-refractivity contribution < 1.29 is 22.0 Å². The third-order valence-corrected chi connectivity index (χ3v) is 4.88. The van der Waals surface area contributed by atoms with Crippen LogP contribution in [0.4, 0.5) is 14.5 Å². The Morgan fingerprint density at radius 2 is 1.91 bits per heavy atom. The normalized spacial score (nSPS) is 13.7. The van der Waals surface area contributed by atoms with Crippen LogP contribution in [-0.4, -0.2) is 14.3 Å². The molecule has 0 bridgehead atoms. The molecule has 0 unspecified atom stereocenters. The van der Waals surface area contributed by atoms with Gasteiger partial charge in [-0.1, -0.05) is 6.07 Å². The third kappa shape index (κ3) is 3.22. The Morgan fingerprint density at radius 1 is 1.13 bits per heavy atom. The minimum absolute atomic E-state index is 0.0183. The number of rotatable bonds is 4. The maximum absolute atomic E-state index is 13.5. The lowest BCUT2D eigenvalue weighted by atomic mass is 10.2. The molecule has 3 rings (SSSR count). The zero-order chi connectivity index (χ0) is 16.6. The summed E-state index contributed by atoms with van der Waals surface area (Å²) in [6.45, 7) is -0.303. The Hall–Kier alpha value is -2.32. The number of hydrogen-bond acceptors (Lipinski definition) is 3. The summed E-state index contributed by atoms with van der Waals surface area (Å²) >= 11 is 0. The SMILES string of the molecule is O=C1Cc2cc(S(=O)(=O)NCc3ccc(F)cc3F)ccc2N1. The number of benzene rings is 2. The summed E-state index contributed by atoms with van der Waals surface area (Å²) in [6, 6.07) is 7.19. The Balaban J connectivity index is 1.80. The zero-order valence-corrected chi connectivity index (χ0v) is 12.6. The number of carbonyl (C=O) groups is 1. The molecule has 2 aromatic rings. The van der Waals surface area contributed by atoms with Crippen molar-refractivity contribution in [1.82, 2.24) is 4.72 Å². The monoisotopic (exact) mass is 338 g/mol. The first-order valence-corrected chi connectivity index (χ1v) is 8.20. The maximum atomic E-state index is 13.5. The van der Waals surface area contributed by atoms with E-state index in [0.29, 0.717) is 17.3 Å². The van der Waals surface area contributed by atoms with Crippen LogP contribution in [0.1, 0.15) is 11.1 Å². The summed E-state index contributed by atoms with van der Waals surface area (Å²) in [4.78, 5) is 11.3. The van der Waals surface area contributed by atoms with Crippen LogP contribution >= 0.6 is 0 Å². The van der Waals surface area contributed by atoms with Crippen molar-refractivity contribution in [3.63, 3.8) is 0 Å². The minimum atomic E-state index is -3.87. The molecule has 5 nitrogen and oxygen atoms in total. The highest BCUT2D eigenvalue weighted by Crippen LogP contribution is 2.25. The molecule has 0 aromatic heterocycles. The van der Waals surface area contributed by atoms with Gasteiger partial charge in [-0.05, 0) is 29.8 Å². The minimum Gasteiger partial charge on any atom is -0.326 e. The molecular weight excluding hydrogens is 326 g/mol. The summed E-state index contributed by atoms with van der Waals surface area (Å²) in [6.07, 6.45) is 0.116. The van der Waals surface area contributed by atoms with Crippen LogP contribution in [-0.2, 0) is 27.8 Å². The number of fused-ring (bicyclic) bond motifs is 1. The fourth-order valence-corrected chi connectivity index (χ4v) is 3.35. The smallest absolute Gasteiger partial charge is 0.240 e. The second-order valence-corrected chi connectivity index (χ2v) is 6.87. The van der Waals surface area contributed by atoms with Gasteiger partial charge in [0.1, 0.15) is 11.6 Å². The van der Waals surface area contributed by atoms with Crippen LogP contribution in [0.15, 0.2) is 41.3 Å². The molecule has 1 aliphatic heterocycles. The largest absolute Gasteiger partial charge is 0.326 e. The van der Waals surface area contributed by atoms with Crippen LogP contribution in [0.25, 0.3) is 0 Å². The number of hydrogen-bond donors (Lipinski definition) is 2. The zero-order valence-electron chi connectivity index (χ0n) is 11.8. The van der Waals surface area contributed by atoms with Gasteiger partial charge in [0.05, 0.1) is 11.3 Å². The van der Waals surface area contributed by atoms with E-state index in [2.05, 4.69) is 10.0 Å². The van der Waals surface area contributed by atoms with Crippen LogP contribution in [0.5, 0.6) is 0 Å². The van der Waals surface area contributed by atoms with Gasteiger partial charge in [0, 0.05) is 23.9 Å². The van der Waals surface area contributed by atoms with E-state index in [9.17, 15) is 22.0 Å². The standard InChI is InChI=1S/C15H12F2N2O3S/c16-11-2-1-9(13(17)7-11)8-18-23(21,22)12-3-4-14-10(5-12)6-15(20)19-14/h1-5,7,18H,6,8H2,(H,19,20). The summed E-state index contributed by atoms with van der Waals surface area (Å²) < 4.78 is 53.1. The highest BCUT2D eigenvalue weighted by molar-refractivity contribution is 7.89. The molecule has 0 radical (unpaired) electrons. The van der Waals surface area contributed by atoms with Gasteiger partial charge in [0.15, 0.2) is 0 Å². The van der Waals surface area contributed by atoms with E-state index in [1.165, 1.54) is 24.3 Å². The Bertz CT molecular complexity index is 898. The van der Waals surface area contributed by atoms with Gasteiger partial charge in [-0.25, -0.2) is 21.9 Å². The van der Waals surface area contributed by atoms with Gasteiger partial charge in [0.2, 0.25) is 15.9 Å². The average molecular weight is 338 g/mol. The quantitative estimate of drug-likeness (QED) is 0.895. The van der Waals surface area contributed by atoms with E-state index in [4.69, 9.17) is 0 Å². The summed E-state index contributed by atoms with van der Waals surface area (Å²) in [5.41, 5.74) is 1.21. The highest BCUT2D eigenvalue weighted by Gasteiger charge is 2.22. The molecule has 1 heterocycles. The molecule has 0 spiro atoms. The Morgan fingerprint density at radius 3 is 2.65 bits per heavy atom. The van der Waals surface area contributed by atoms with Crippen LogP contribution in [0.2, 0.25) is 0 Å². The number of halogens is 2. The summed E-state index contributed by atoms with van der Waals surface area (Å²) in [7, 11) is -3.87. The fourth-order valence-electron chi connectivity index (χ4n) is 2.29. The molecule has 0 saturated carbocycles. The van der Waals surface area contributed by atoms with Crippen LogP contribution in [0, 0.1) is 11.6 Å². The summed E-state index contributed by atoms with van der Waals surface area (Å²) in [5, 5.41) is 2.61. The molecule has 8 heteroatoms. The highest BCUT2D eigenvalue weighted by atomic mass is 32.2. The molecule has 0 saturated heterocycles. The average Bonchev–Trinajstić information content (AvgIpc) is 2.85. The molecule has 0 atom stereocenters. The molecule has 23 heavy (non-hydrogen) atoms. The van der Waals surface area contributed by atoms with E-state index in [0.717, 1.165) is 6.07 Å². The number of nitrogens with one attached hydrogen (secondary N) is 2. The van der Waals surface area contributed by atoms with E-state index >= 15 is 0 Å². The molecule has 2 aromatic carbocycles. The van der Waals surface area contributed by atoms with E-state index in [1.807, 2.05) is 0 Å². The van der Waals surface area contributed by atoms with Gasteiger partial charge < -0.3 is 5.32 Å². The van der Waals surface area contributed by atoms with Crippen molar-refractivity contribution in [3.05, 3.63) is 59.2 Å². The van der Waals surface area contributed by atoms with Gasteiger partial charge in [0.25, 0.3) is 0 Å². The van der Waals surface area contributed by atoms with Crippen molar-refractivity contribution in [3.8, 4) is 0 Å².